The highest BCUT2D eigenvalue weighted by Crippen LogP contribution is 2.34. The Hall–Kier alpha value is -1.68. The van der Waals surface area contributed by atoms with Crippen molar-refractivity contribution in [2.24, 2.45) is 0 Å². The summed E-state index contributed by atoms with van der Waals surface area (Å²) in [4.78, 5) is 0. The number of halogens is 2. The Kier molecular flexibility index (Phi) is 4.04. The molecule has 0 saturated carbocycles. The molecule has 5 heteroatoms. The fourth-order valence-corrected chi connectivity index (χ4v) is 3.18. The third-order valence-corrected chi connectivity index (χ3v) is 4.29. The number of phenolic OH excluding ortho intramolecular Hbond substituents is 1. The Labute approximate surface area is 139 Å². The number of hydrazine groups is 1. The second-order valence-electron chi connectivity index (χ2n) is 5.47. The third-order valence-electron chi connectivity index (χ3n) is 3.73. The predicted molar refractivity (Wildman–Crippen MR) is 91.0 cm³/mol. The van der Waals surface area contributed by atoms with Gasteiger partial charge in [-0.25, -0.2) is 5.43 Å². The van der Waals surface area contributed by atoms with Crippen molar-refractivity contribution >= 4 is 28.9 Å². The fourth-order valence-electron chi connectivity index (χ4n) is 2.65. The molecule has 0 saturated heterocycles. The van der Waals surface area contributed by atoms with Crippen LogP contribution in [0.2, 0.25) is 10.0 Å². The molecule has 0 unspecified atom stereocenters. The zero-order valence-electron chi connectivity index (χ0n) is 12.2. The van der Waals surface area contributed by atoms with Crippen LogP contribution in [0.5, 0.6) is 5.75 Å². The molecular weight excluding hydrogens is 319 g/mol. The van der Waals surface area contributed by atoms with Crippen LogP contribution in [-0.2, 0) is 0 Å². The van der Waals surface area contributed by atoms with Crippen LogP contribution in [0.3, 0.4) is 0 Å². The topological polar surface area (TPSA) is 44.3 Å². The zero-order valence-corrected chi connectivity index (χ0v) is 13.8. The maximum atomic E-state index is 10.3. The molecule has 0 aliphatic carbocycles. The molecule has 0 bridgehead atoms. The van der Waals surface area contributed by atoms with Crippen LogP contribution in [0, 0.1) is 13.8 Å². The summed E-state index contributed by atoms with van der Waals surface area (Å²) in [5.41, 5.74) is 10.8. The average Bonchev–Trinajstić information content (AvgIpc) is 2.92. The summed E-state index contributed by atoms with van der Waals surface area (Å²) < 4.78 is 0. The van der Waals surface area contributed by atoms with Crippen LogP contribution < -0.4 is 10.9 Å². The van der Waals surface area contributed by atoms with Gasteiger partial charge in [0.25, 0.3) is 0 Å². The van der Waals surface area contributed by atoms with E-state index in [1.54, 1.807) is 6.07 Å². The maximum absolute atomic E-state index is 10.3. The average molecular weight is 335 g/mol. The first kappa shape index (κ1) is 15.2. The first-order chi connectivity index (χ1) is 10.5. The Morgan fingerprint density at radius 2 is 1.86 bits per heavy atom. The summed E-state index contributed by atoms with van der Waals surface area (Å²) in [7, 11) is 0. The van der Waals surface area contributed by atoms with Gasteiger partial charge in [-0.05, 0) is 54.8 Å². The molecule has 0 fully saturated rings. The van der Waals surface area contributed by atoms with Gasteiger partial charge < -0.3 is 10.5 Å². The molecular formula is C17H16Cl2N2O. The molecule has 1 heterocycles. The summed E-state index contributed by atoms with van der Waals surface area (Å²) >= 11 is 12.2. The lowest BCUT2D eigenvalue weighted by Crippen LogP contribution is -2.26. The van der Waals surface area contributed by atoms with Crippen molar-refractivity contribution in [3.8, 4) is 5.75 Å². The number of hydrogen-bond donors (Lipinski definition) is 3. The van der Waals surface area contributed by atoms with Gasteiger partial charge in [0, 0.05) is 15.6 Å². The van der Waals surface area contributed by atoms with E-state index in [2.05, 4.69) is 10.9 Å². The SMILES string of the molecule is Cc1cc(C)c(O)c(C2=C[C@H](c3ccc(Cl)cc3Cl)NN2)c1. The maximum Gasteiger partial charge on any atom is 0.127 e. The quantitative estimate of drug-likeness (QED) is 0.757. The third kappa shape index (κ3) is 2.80. The second-order valence-corrected chi connectivity index (χ2v) is 6.31. The number of aromatic hydroxyl groups is 1. The summed E-state index contributed by atoms with van der Waals surface area (Å²) in [5, 5.41) is 11.5. The van der Waals surface area contributed by atoms with Crippen molar-refractivity contribution in [1.82, 2.24) is 10.9 Å². The summed E-state index contributed by atoms with van der Waals surface area (Å²) in [6.07, 6.45) is 2.00. The van der Waals surface area contributed by atoms with E-state index in [0.717, 1.165) is 28.0 Å². The molecule has 0 spiro atoms. The van der Waals surface area contributed by atoms with E-state index < -0.39 is 0 Å². The van der Waals surface area contributed by atoms with E-state index in [4.69, 9.17) is 23.2 Å². The molecule has 22 heavy (non-hydrogen) atoms. The van der Waals surface area contributed by atoms with Crippen LogP contribution in [0.25, 0.3) is 5.70 Å². The van der Waals surface area contributed by atoms with Crippen LogP contribution >= 0.6 is 23.2 Å². The Morgan fingerprint density at radius 1 is 1.09 bits per heavy atom. The highest BCUT2D eigenvalue weighted by Gasteiger charge is 2.22. The molecule has 3 nitrogen and oxygen atoms in total. The number of phenols is 1. The number of rotatable bonds is 2. The van der Waals surface area contributed by atoms with Crippen molar-refractivity contribution < 1.29 is 5.11 Å². The zero-order chi connectivity index (χ0) is 15.9. The monoisotopic (exact) mass is 334 g/mol. The van der Waals surface area contributed by atoms with Crippen molar-refractivity contribution in [3.63, 3.8) is 0 Å². The number of benzene rings is 2. The minimum atomic E-state index is -0.0833. The van der Waals surface area contributed by atoms with Crippen LogP contribution in [0.4, 0.5) is 0 Å². The first-order valence-electron chi connectivity index (χ1n) is 6.94. The van der Waals surface area contributed by atoms with Crippen molar-refractivity contribution in [1.29, 1.82) is 0 Å². The lowest BCUT2D eigenvalue weighted by Gasteiger charge is -2.12. The number of hydrogen-bond acceptors (Lipinski definition) is 3. The van der Waals surface area contributed by atoms with Gasteiger partial charge in [0.2, 0.25) is 0 Å². The van der Waals surface area contributed by atoms with E-state index >= 15 is 0 Å². The van der Waals surface area contributed by atoms with E-state index in [0.29, 0.717) is 10.0 Å². The molecule has 1 aliphatic rings. The summed E-state index contributed by atoms with van der Waals surface area (Å²) in [6, 6.07) is 9.25. The van der Waals surface area contributed by atoms with Crippen molar-refractivity contribution in [2.75, 3.05) is 0 Å². The van der Waals surface area contributed by atoms with Crippen LogP contribution in [0.1, 0.15) is 28.3 Å². The van der Waals surface area contributed by atoms with Gasteiger partial charge in [0.1, 0.15) is 5.75 Å². The fraction of sp³-hybridized carbons (Fsp3) is 0.176. The lowest BCUT2D eigenvalue weighted by molar-refractivity contribution is 0.468. The lowest BCUT2D eigenvalue weighted by atomic mass is 10.0. The van der Waals surface area contributed by atoms with E-state index in [9.17, 15) is 5.11 Å². The molecule has 3 rings (SSSR count). The van der Waals surface area contributed by atoms with Gasteiger partial charge in [-0.2, -0.15) is 0 Å². The van der Waals surface area contributed by atoms with E-state index in [1.807, 2.05) is 44.2 Å². The largest absolute Gasteiger partial charge is 0.507 e. The van der Waals surface area contributed by atoms with Crippen molar-refractivity contribution in [3.05, 3.63) is 68.7 Å². The molecule has 114 valence electrons. The van der Waals surface area contributed by atoms with E-state index in [-0.39, 0.29) is 11.8 Å². The molecule has 3 N–H and O–H groups in total. The van der Waals surface area contributed by atoms with Gasteiger partial charge in [-0.1, -0.05) is 35.3 Å². The molecule has 0 radical (unpaired) electrons. The molecule has 2 aromatic rings. The minimum Gasteiger partial charge on any atom is -0.507 e. The van der Waals surface area contributed by atoms with Gasteiger partial charge in [-0.3, -0.25) is 0 Å². The van der Waals surface area contributed by atoms with Gasteiger partial charge in [0.15, 0.2) is 0 Å². The van der Waals surface area contributed by atoms with Gasteiger partial charge >= 0.3 is 0 Å². The van der Waals surface area contributed by atoms with E-state index in [1.165, 1.54) is 0 Å². The van der Waals surface area contributed by atoms with Crippen LogP contribution in [0.15, 0.2) is 36.4 Å². The second kappa shape index (κ2) is 5.84. The molecule has 1 aliphatic heterocycles. The first-order valence-corrected chi connectivity index (χ1v) is 7.70. The highest BCUT2D eigenvalue weighted by atomic mass is 35.5. The normalized spacial score (nSPS) is 17.3. The van der Waals surface area contributed by atoms with Crippen molar-refractivity contribution in [2.45, 2.75) is 19.9 Å². The standard InChI is InChI=1S/C17H16Cl2N2O/c1-9-5-10(2)17(22)13(6-9)16-8-15(20-21-16)12-4-3-11(18)7-14(12)19/h3-8,15,20-22H,1-2H3/t15-/m1/s1. The Morgan fingerprint density at radius 3 is 2.59 bits per heavy atom. The predicted octanol–water partition coefficient (Wildman–Crippen LogP) is 4.51. The highest BCUT2D eigenvalue weighted by molar-refractivity contribution is 6.35. The smallest absolute Gasteiger partial charge is 0.127 e. The number of nitrogens with one attached hydrogen (secondary N) is 2. The number of aryl methyl sites for hydroxylation is 2. The summed E-state index contributed by atoms with van der Waals surface area (Å²) in [5.74, 6) is 0.286. The molecule has 0 amide bonds. The Balaban J connectivity index is 1.98. The molecule has 1 atom stereocenters. The molecule has 0 aromatic heterocycles. The van der Waals surface area contributed by atoms with Gasteiger partial charge in [0.05, 0.1) is 11.7 Å². The minimum absolute atomic E-state index is 0.0833. The van der Waals surface area contributed by atoms with Crippen LogP contribution in [-0.4, -0.2) is 5.11 Å². The van der Waals surface area contributed by atoms with Gasteiger partial charge in [-0.15, -0.1) is 0 Å². The summed E-state index contributed by atoms with van der Waals surface area (Å²) in [6.45, 7) is 3.90. The Bertz CT molecular complexity index is 771. The molecule has 2 aromatic carbocycles.